The van der Waals surface area contributed by atoms with E-state index in [-0.39, 0.29) is 5.91 Å². The van der Waals surface area contributed by atoms with Crippen molar-refractivity contribution >= 4 is 23.2 Å². The fraction of sp³-hybridized carbons (Fsp3) is 0.500. The second-order valence-corrected chi connectivity index (χ2v) is 6.04. The van der Waals surface area contributed by atoms with Gasteiger partial charge in [0, 0.05) is 37.6 Å². The molecule has 2 aliphatic rings. The van der Waals surface area contributed by atoms with Crippen LogP contribution in [-0.2, 0) is 9.63 Å². The molecule has 1 aromatic carbocycles. The second kappa shape index (κ2) is 6.67. The normalized spacial score (nSPS) is 22.4. The fourth-order valence-corrected chi connectivity index (χ4v) is 2.94. The molecule has 1 amide bonds. The number of carbonyl (C=O) groups excluding carboxylic acids is 1. The molecule has 0 saturated carbocycles. The molecule has 1 atom stereocenters. The molecule has 1 saturated heterocycles. The summed E-state index contributed by atoms with van der Waals surface area (Å²) in [7, 11) is 0. The van der Waals surface area contributed by atoms with E-state index in [2.05, 4.69) is 17.0 Å². The molecule has 1 unspecified atom stereocenters. The predicted octanol–water partition coefficient (Wildman–Crippen LogP) is 2.00. The topological polar surface area (TPSA) is 45.1 Å². The SMILES string of the molecule is CCN1CCN(C(=O)C2CC(c3ccc(Cl)cc3)=NO2)CC1. The minimum atomic E-state index is -0.487. The standard InChI is InChI=1S/C16H20ClN3O2/c1-2-19-7-9-20(10-8-19)16(21)15-11-14(18-22-15)12-3-5-13(17)6-4-12/h3-6,15H,2,7-11H2,1H3. The summed E-state index contributed by atoms with van der Waals surface area (Å²) in [6.45, 7) is 6.57. The maximum Gasteiger partial charge on any atom is 0.266 e. The van der Waals surface area contributed by atoms with Crippen molar-refractivity contribution < 1.29 is 9.63 Å². The molecule has 0 aromatic heterocycles. The predicted molar refractivity (Wildman–Crippen MR) is 86.2 cm³/mol. The number of rotatable bonds is 3. The minimum absolute atomic E-state index is 0.0449. The second-order valence-electron chi connectivity index (χ2n) is 5.60. The molecule has 0 N–H and O–H groups in total. The fourth-order valence-electron chi connectivity index (χ4n) is 2.81. The highest BCUT2D eigenvalue weighted by atomic mass is 35.5. The van der Waals surface area contributed by atoms with Gasteiger partial charge in [0.1, 0.15) is 0 Å². The number of amides is 1. The molecular formula is C16H20ClN3O2. The van der Waals surface area contributed by atoms with Crippen molar-refractivity contribution in [3.8, 4) is 0 Å². The largest absolute Gasteiger partial charge is 0.382 e. The summed E-state index contributed by atoms with van der Waals surface area (Å²) in [5.41, 5.74) is 1.76. The van der Waals surface area contributed by atoms with E-state index in [1.807, 2.05) is 29.2 Å². The van der Waals surface area contributed by atoms with Gasteiger partial charge in [-0.15, -0.1) is 0 Å². The van der Waals surface area contributed by atoms with Crippen LogP contribution in [0.15, 0.2) is 29.4 Å². The molecule has 5 nitrogen and oxygen atoms in total. The smallest absolute Gasteiger partial charge is 0.266 e. The number of benzene rings is 1. The van der Waals surface area contributed by atoms with Crippen LogP contribution in [0.5, 0.6) is 0 Å². The molecule has 1 fully saturated rings. The van der Waals surface area contributed by atoms with E-state index in [0.29, 0.717) is 11.4 Å². The lowest BCUT2D eigenvalue weighted by Crippen LogP contribution is -2.51. The molecule has 1 aromatic rings. The van der Waals surface area contributed by atoms with Gasteiger partial charge in [0.15, 0.2) is 0 Å². The van der Waals surface area contributed by atoms with Gasteiger partial charge in [0.2, 0.25) is 6.10 Å². The summed E-state index contributed by atoms with van der Waals surface area (Å²) in [6.07, 6.45) is 0.0351. The first-order valence-corrected chi connectivity index (χ1v) is 8.05. The van der Waals surface area contributed by atoms with Gasteiger partial charge in [0.25, 0.3) is 5.91 Å². The van der Waals surface area contributed by atoms with Gasteiger partial charge in [-0.1, -0.05) is 35.8 Å². The quantitative estimate of drug-likeness (QED) is 0.855. The molecule has 0 aliphatic carbocycles. The van der Waals surface area contributed by atoms with Crippen LogP contribution < -0.4 is 0 Å². The lowest BCUT2D eigenvalue weighted by molar-refractivity contribution is -0.143. The third kappa shape index (κ3) is 3.25. The van der Waals surface area contributed by atoms with Crippen LogP contribution >= 0.6 is 11.6 Å². The van der Waals surface area contributed by atoms with E-state index < -0.39 is 6.10 Å². The zero-order valence-electron chi connectivity index (χ0n) is 12.7. The molecule has 2 heterocycles. The number of piperazine rings is 1. The maximum atomic E-state index is 12.5. The number of hydrogen-bond donors (Lipinski definition) is 0. The number of oxime groups is 1. The van der Waals surface area contributed by atoms with E-state index in [1.54, 1.807) is 0 Å². The third-order valence-electron chi connectivity index (χ3n) is 4.25. The Labute approximate surface area is 135 Å². The summed E-state index contributed by atoms with van der Waals surface area (Å²) in [6, 6.07) is 7.44. The lowest BCUT2D eigenvalue weighted by Gasteiger charge is -2.34. The van der Waals surface area contributed by atoms with Gasteiger partial charge < -0.3 is 14.6 Å². The molecule has 118 valence electrons. The third-order valence-corrected chi connectivity index (χ3v) is 4.50. The molecule has 0 radical (unpaired) electrons. The Balaban J connectivity index is 1.57. The Bertz CT molecular complexity index is 565. The number of hydrogen-bond acceptors (Lipinski definition) is 4. The van der Waals surface area contributed by atoms with E-state index in [1.165, 1.54) is 0 Å². The maximum absolute atomic E-state index is 12.5. The number of halogens is 1. The van der Waals surface area contributed by atoms with Crippen molar-refractivity contribution in [1.29, 1.82) is 0 Å². The van der Waals surface area contributed by atoms with Gasteiger partial charge in [-0.25, -0.2) is 0 Å². The zero-order valence-corrected chi connectivity index (χ0v) is 13.4. The Morgan fingerprint density at radius 3 is 2.59 bits per heavy atom. The summed E-state index contributed by atoms with van der Waals surface area (Å²) in [5, 5.41) is 4.76. The Hall–Kier alpha value is -1.59. The van der Waals surface area contributed by atoms with Crippen LogP contribution in [0.3, 0.4) is 0 Å². The van der Waals surface area contributed by atoms with Crippen molar-refractivity contribution in [3.63, 3.8) is 0 Å². The highest BCUT2D eigenvalue weighted by Crippen LogP contribution is 2.20. The molecule has 0 bridgehead atoms. The average molecular weight is 322 g/mol. The molecule has 22 heavy (non-hydrogen) atoms. The summed E-state index contributed by atoms with van der Waals surface area (Å²) in [4.78, 5) is 22.1. The van der Waals surface area contributed by atoms with Crippen molar-refractivity contribution in [1.82, 2.24) is 9.80 Å². The van der Waals surface area contributed by atoms with E-state index in [0.717, 1.165) is 44.0 Å². The number of nitrogens with zero attached hydrogens (tertiary/aromatic N) is 3. The molecule has 3 rings (SSSR count). The zero-order chi connectivity index (χ0) is 15.5. The van der Waals surface area contributed by atoms with Crippen LogP contribution in [0.25, 0.3) is 0 Å². The van der Waals surface area contributed by atoms with Crippen molar-refractivity contribution in [2.24, 2.45) is 5.16 Å². The first-order chi connectivity index (χ1) is 10.7. The van der Waals surface area contributed by atoms with Gasteiger partial charge in [-0.2, -0.15) is 0 Å². The highest BCUT2D eigenvalue weighted by Gasteiger charge is 2.33. The van der Waals surface area contributed by atoms with Crippen molar-refractivity contribution in [2.45, 2.75) is 19.4 Å². The Morgan fingerprint density at radius 1 is 1.27 bits per heavy atom. The number of likely N-dealkylation sites (N-methyl/N-ethyl adjacent to an activating group) is 1. The van der Waals surface area contributed by atoms with Crippen LogP contribution in [0, 0.1) is 0 Å². The molecule has 6 heteroatoms. The van der Waals surface area contributed by atoms with Crippen molar-refractivity contribution in [3.05, 3.63) is 34.9 Å². The lowest BCUT2D eigenvalue weighted by atomic mass is 10.0. The molecule has 0 spiro atoms. The van der Waals surface area contributed by atoms with E-state index in [4.69, 9.17) is 16.4 Å². The van der Waals surface area contributed by atoms with Crippen molar-refractivity contribution in [2.75, 3.05) is 32.7 Å². The summed E-state index contributed by atoms with van der Waals surface area (Å²) < 4.78 is 0. The average Bonchev–Trinajstić information content (AvgIpc) is 3.05. The van der Waals surface area contributed by atoms with E-state index >= 15 is 0 Å². The highest BCUT2D eigenvalue weighted by molar-refractivity contribution is 6.30. The van der Waals surface area contributed by atoms with Gasteiger partial charge in [-0.3, -0.25) is 4.79 Å². The first kappa shape index (κ1) is 15.3. The summed E-state index contributed by atoms with van der Waals surface area (Å²) in [5.74, 6) is 0.0449. The summed E-state index contributed by atoms with van der Waals surface area (Å²) >= 11 is 5.89. The minimum Gasteiger partial charge on any atom is -0.382 e. The molecule has 2 aliphatic heterocycles. The Morgan fingerprint density at radius 2 is 1.95 bits per heavy atom. The van der Waals surface area contributed by atoms with Gasteiger partial charge >= 0.3 is 0 Å². The monoisotopic (exact) mass is 321 g/mol. The van der Waals surface area contributed by atoms with Crippen LogP contribution in [0.4, 0.5) is 0 Å². The van der Waals surface area contributed by atoms with Crippen LogP contribution in [0.1, 0.15) is 18.9 Å². The van der Waals surface area contributed by atoms with Gasteiger partial charge in [-0.05, 0) is 24.2 Å². The first-order valence-electron chi connectivity index (χ1n) is 7.67. The van der Waals surface area contributed by atoms with Gasteiger partial charge in [0.05, 0.1) is 5.71 Å². The number of carbonyl (C=O) groups is 1. The van der Waals surface area contributed by atoms with Crippen LogP contribution in [-0.4, -0.2) is 60.2 Å². The Kier molecular flexibility index (Phi) is 4.64. The van der Waals surface area contributed by atoms with E-state index in [9.17, 15) is 4.79 Å². The van der Waals surface area contributed by atoms with Crippen LogP contribution in [0.2, 0.25) is 5.02 Å². The molecular weight excluding hydrogens is 302 g/mol.